The Morgan fingerprint density at radius 2 is 2.05 bits per heavy atom. The van der Waals surface area contributed by atoms with Crippen LogP contribution >= 0.6 is 0 Å². The van der Waals surface area contributed by atoms with Gasteiger partial charge in [0.05, 0.1) is 12.8 Å². The van der Waals surface area contributed by atoms with Gasteiger partial charge < -0.3 is 14.8 Å². The fourth-order valence-electron chi connectivity index (χ4n) is 1.63. The zero-order chi connectivity index (χ0) is 15.2. The van der Waals surface area contributed by atoms with Gasteiger partial charge in [-0.25, -0.2) is 0 Å². The number of anilines is 1. The van der Waals surface area contributed by atoms with Crippen LogP contribution < -0.4 is 14.8 Å². The molecule has 0 saturated carbocycles. The zero-order valence-corrected chi connectivity index (χ0v) is 12.2. The van der Waals surface area contributed by atoms with Gasteiger partial charge in [0.25, 0.3) is 5.91 Å². The number of ether oxygens (including phenoxy) is 2. The van der Waals surface area contributed by atoms with Crippen molar-refractivity contribution in [1.29, 1.82) is 0 Å². The minimum atomic E-state index is -0.275. The normalized spacial score (nSPS) is 10.0. The second kappa shape index (κ2) is 6.69. The Bertz CT molecular complexity index is 644. The average molecular weight is 287 g/mol. The predicted octanol–water partition coefficient (Wildman–Crippen LogP) is 2.12. The zero-order valence-electron chi connectivity index (χ0n) is 12.2. The molecule has 6 nitrogen and oxygen atoms in total. The number of nitrogens with zero attached hydrogens (tertiary/aromatic N) is 2. The number of methoxy groups -OCH3 is 1. The number of aromatic nitrogens is 2. The molecule has 6 heteroatoms. The second-order valence-corrected chi connectivity index (χ2v) is 4.52. The standard InChI is InChI=1S/C15H17N3O3/c1-10-7-15(18-17-11(10)2)21-9-14(19)16-12-5-4-6-13(8-12)20-3/h4-8H,9H2,1-3H3,(H,16,19). The lowest BCUT2D eigenvalue weighted by atomic mass is 10.2. The van der Waals surface area contributed by atoms with Crippen LogP contribution in [0.3, 0.4) is 0 Å². The van der Waals surface area contributed by atoms with Crippen molar-refractivity contribution in [1.82, 2.24) is 10.2 Å². The number of amides is 1. The number of benzene rings is 1. The van der Waals surface area contributed by atoms with Crippen LogP contribution in [0.4, 0.5) is 5.69 Å². The number of nitrogens with one attached hydrogen (secondary N) is 1. The summed E-state index contributed by atoms with van der Waals surface area (Å²) in [5.74, 6) is 0.732. The van der Waals surface area contributed by atoms with E-state index in [1.165, 1.54) is 0 Å². The van der Waals surface area contributed by atoms with E-state index in [2.05, 4.69) is 15.5 Å². The summed E-state index contributed by atoms with van der Waals surface area (Å²) < 4.78 is 10.4. The highest BCUT2D eigenvalue weighted by molar-refractivity contribution is 5.92. The Morgan fingerprint density at radius 1 is 1.24 bits per heavy atom. The van der Waals surface area contributed by atoms with Crippen molar-refractivity contribution in [2.75, 3.05) is 19.0 Å². The molecule has 2 aromatic rings. The summed E-state index contributed by atoms with van der Waals surface area (Å²) >= 11 is 0. The topological polar surface area (TPSA) is 73.3 Å². The van der Waals surface area contributed by atoms with E-state index >= 15 is 0 Å². The summed E-state index contributed by atoms with van der Waals surface area (Å²) in [4.78, 5) is 11.8. The molecule has 1 N–H and O–H groups in total. The van der Waals surface area contributed by atoms with Crippen molar-refractivity contribution in [3.63, 3.8) is 0 Å². The number of aryl methyl sites for hydroxylation is 2. The van der Waals surface area contributed by atoms with Crippen LogP contribution in [-0.2, 0) is 4.79 Å². The molecule has 0 aliphatic rings. The Balaban J connectivity index is 1.90. The van der Waals surface area contributed by atoms with Crippen LogP contribution in [0.15, 0.2) is 30.3 Å². The van der Waals surface area contributed by atoms with Crippen molar-refractivity contribution < 1.29 is 14.3 Å². The van der Waals surface area contributed by atoms with E-state index in [1.54, 1.807) is 37.4 Å². The molecule has 0 aliphatic heterocycles. The van der Waals surface area contributed by atoms with Crippen molar-refractivity contribution in [2.45, 2.75) is 13.8 Å². The van der Waals surface area contributed by atoms with E-state index < -0.39 is 0 Å². The van der Waals surface area contributed by atoms with Crippen molar-refractivity contribution in [2.24, 2.45) is 0 Å². The third-order valence-electron chi connectivity index (χ3n) is 2.91. The third-order valence-corrected chi connectivity index (χ3v) is 2.91. The molecule has 0 spiro atoms. The van der Waals surface area contributed by atoms with Crippen LogP contribution in [0.25, 0.3) is 0 Å². The largest absolute Gasteiger partial charge is 0.497 e. The molecule has 1 aromatic heterocycles. The first-order valence-electron chi connectivity index (χ1n) is 6.46. The average Bonchev–Trinajstić information content (AvgIpc) is 2.48. The van der Waals surface area contributed by atoms with Gasteiger partial charge in [-0.1, -0.05) is 6.07 Å². The Kier molecular flexibility index (Phi) is 4.71. The van der Waals surface area contributed by atoms with Gasteiger partial charge >= 0.3 is 0 Å². The fourth-order valence-corrected chi connectivity index (χ4v) is 1.63. The highest BCUT2D eigenvalue weighted by atomic mass is 16.5. The van der Waals surface area contributed by atoms with Crippen molar-refractivity contribution >= 4 is 11.6 Å². The van der Waals surface area contributed by atoms with Crippen LogP contribution in [0.2, 0.25) is 0 Å². The SMILES string of the molecule is COc1cccc(NC(=O)COc2cc(C)c(C)nn2)c1. The van der Waals surface area contributed by atoms with Crippen LogP contribution in [-0.4, -0.2) is 29.8 Å². The molecular formula is C15H17N3O3. The fraction of sp³-hybridized carbons (Fsp3) is 0.267. The molecule has 0 bridgehead atoms. The molecule has 21 heavy (non-hydrogen) atoms. The number of hydrogen-bond acceptors (Lipinski definition) is 5. The Hall–Kier alpha value is -2.63. The van der Waals surface area contributed by atoms with E-state index in [-0.39, 0.29) is 12.5 Å². The molecule has 0 atom stereocenters. The molecule has 2 rings (SSSR count). The number of carbonyl (C=O) groups is 1. The number of rotatable bonds is 5. The van der Waals surface area contributed by atoms with E-state index in [1.807, 2.05) is 13.8 Å². The summed E-state index contributed by atoms with van der Waals surface area (Å²) in [6, 6.07) is 8.85. The summed E-state index contributed by atoms with van der Waals surface area (Å²) in [5.41, 5.74) is 2.45. The monoisotopic (exact) mass is 287 g/mol. The number of carbonyl (C=O) groups excluding carboxylic acids is 1. The molecule has 0 saturated heterocycles. The lowest BCUT2D eigenvalue weighted by molar-refractivity contribution is -0.118. The highest BCUT2D eigenvalue weighted by Gasteiger charge is 2.06. The smallest absolute Gasteiger partial charge is 0.262 e. The van der Waals surface area contributed by atoms with Crippen LogP contribution in [0, 0.1) is 13.8 Å². The van der Waals surface area contributed by atoms with E-state index in [0.717, 1.165) is 11.3 Å². The summed E-state index contributed by atoms with van der Waals surface area (Å²) in [7, 11) is 1.57. The molecule has 0 fully saturated rings. The van der Waals surface area contributed by atoms with Gasteiger partial charge in [0.15, 0.2) is 6.61 Å². The molecular weight excluding hydrogens is 270 g/mol. The lowest BCUT2D eigenvalue weighted by Crippen LogP contribution is -2.20. The molecule has 110 valence electrons. The van der Waals surface area contributed by atoms with Gasteiger partial charge in [-0.2, -0.15) is 5.10 Å². The maximum absolute atomic E-state index is 11.8. The van der Waals surface area contributed by atoms with Crippen molar-refractivity contribution in [3.05, 3.63) is 41.6 Å². The first kappa shape index (κ1) is 14.8. The summed E-state index contributed by atoms with van der Waals surface area (Å²) in [6.07, 6.45) is 0. The second-order valence-electron chi connectivity index (χ2n) is 4.52. The van der Waals surface area contributed by atoms with Crippen LogP contribution in [0.1, 0.15) is 11.3 Å². The predicted molar refractivity (Wildman–Crippen MR) is 78.6 cm³/mol. The van der Waals surface area contributed by atoms with Gasteiger partial charge in [0, 0.05) is 17.8 Å². The van der Waals surface area contributed by atoms with E-state index in [9.17, 15) is 4.79 Å². The molecule has 0 aliphatic carbocycles. The molecule has 1 heterocycles. The highest BCUT2D eigenvalue weighted by Crippen LogP contribution is 2.16. The minimum Gasteiger partial charge on any atom is -0.497 e. The van der Waals surface area contributed by atoms with Gasteiger partial charge in [0.1, 0.15) is 5.75 Å². The number of hydrogen-bond donors (Lipinski definition) is 1. The molecule has 1 aromatic carbocycles. The quantitative estimate of drug-likeness (QED) is 0.911. The molecule has 0 radical (unpaired) electrons. The van der Waals surface area contributed by atoms with Gasteiger partial charge in [0.2, 0.25) is 5.88 Å². The summed E-state index contributed by atoms with van der Waals surface area (Å²) in [6.45, 7) is 3.64. The van der Waals surface area contributed by atoms with Crippen molar-refractivity contribution in [3.8, 4) is 11.6 Å². The van der Waals surface area contributed by atoms with E-state index in [4.69, 9.17) is 9.47 Å². The maximum Gasteiger partial charge on any atom is 0.262 e. The lowest BCUT2D eigenvalue weighted by Gasteiger charge is -2.08. The molecule has 1 amide bonds. The molecule has 0 unspecified atom stereocenters. The van der Waals surface area contributed by atoms with E-state index in [0.29, 0.717) is 17.3 Å². The first-order valence-corrected chi connectivity index (χ1v) is 6.46. The van der Waals surface area contributed by atoms with Crippen LogP contribution in [0.5, 0.6) is 11.6 Å². The Morgan fingerprint density at radius 3 is 2.76 bits per heavy atom. The summed E-state index contributed by atoms with van der Waals surface area (Å²) in [5, 5.41) is 10.5. The minimum absolute atomic E-state index is 0.131. The van der Waals surface area contributed by atoms with Gasteiger partial charge in [-0.05, 0) is 31.5 Å². The van der Waals surface area contributed by atoms with Gasteiger partial charge in [-0.15, -0.1) is 5.10 Å². The first-order chi connectivity index (χ1) is 10.1. The third kappa shape index (κ3) is 4.17. The van der Waals surface area contributed by atoms with Gasteiger partial charge in [-0.3, -0.25) is 4.79 Å². The Labute approximate surface area is 123 Å². The maximum atomic E-state index is 11.8.